The summed E-state index contributed by atoms with van der Waals surface area (Å²) in [5.41, 5.74) is 23.0. The maximum absolute atomic E-state index is 12.3. The van der Waals surface area contributed by atoms with Crippen LogP contribution in [0.25, 0.3) is 196 Å². The number of amides is 2. The lowest BCUT2D eigenvalue weighted by Crippen LogP contribution is -2.17. The Labute approximate surface area is 828 Å². The molecule has 1 aliphatic heterocycles. The number of rotatable bonds is 14. The molecule has 20 heteroatoms. The maximum Gasteiger partial charge on any atom is 0.332 e. The van der Waals surface area contributed by atoms with Crippen molar-refractivity contribution in [2.75, 3.05) is 45.4 Å². The third-order valence-corrected chi connectivity index (χ3v) is 32.9. The van der Waals surface area contributed by atoms with Gasteiger partial charge in [-0.15, -0.1) is 13.2 Å². The first-order valence-electron chi connectivity index (χ1n) is 46.3. The van der Waals surface area contributed by atoms with Crippen LogP contribution in [-0.2, 0) is 55.3 Å². The number of ketones is 2. The van der Waals surface area contributed by atoms with Crippen molar-refractivity contribution in [1.82, 2.24) is 3.93 Å². The molecule has 2 atom stereocenters. The molecule has 0 spiro atoms. The summed E-state index contributed by atoms with van der Waals surface area (Å²) in [6.07, 6.45) is 2.31. The number of halogens is 3. The van der Waals surface area contributed by atoms with Crippen molar-refractivity contribution < 1.29 is 61.9 Å². The van der Waals surface area contributed by atoms with Gasteiger partial charge in [0.1, 0.15) is 0 Å². The molecule has 0 bridgehead atoms. The number of benzene rings is 18. The van der Waals surface area contributed by atoms with Crippen LogP contribution in [0.1, 0.15) is 103 Å². The van der Waals surface area contributed by atoms with Crippen molar-refractivity contribution in [2.45, 2.75) is 85.3 Å². The number of Topliss-reactive ketones (excluding diaryl/α,β-unsaturated/α-hetero) is 2. The zero-order chi connectivity index (χ0) is 97.1. The monoisotopic (exact) mass is 2070 g/mol. The van der Waals surface area contributed by atoms with Gasteiger partial charge in [0.2, 0.25) is 11.6 Å². The van der Waals surface area contributed by atoms with Crippen LogP contribution in [0.5, 0.6) is 0 Å². The fourth-order valence-electron chi connectivity index (χ4n) is 19.7. The van der Waals surface area contributed by atoms with E-state index in [0.717, 1.165) is 69.2 Å². The zero-order valence-corrected chi connectivity index (χ0v) is 85.3. The molecule has 0 radical (unpaired) electrons. The molecule has 5 aliphatic rings. The molecule has 0 saturated heterocycles. The fraction of sp³-hybridized carbons (Fsp3) is 0.169. The average molecular weight is 2070 g/mol. The molecule has 2 unspecified atom stereocenters. The van der Waals surface area contributed by atoms with Gasteiger partial charge in [0.15, 0.2) is 0 Å². The van der Waals surface area contributed by atoms with Crippen LogP contribution in [0, 0.1) is 13.8 Å². The number of alkyl halides is 2. The minimum Gasteiger partial charge on any atom is -0.855 e. The van der Waals surface area contributed by atoms with Crippen molar-refractivity contribution in [3.05, 3.63) is 348 Å². The molecule has 2 amide bonds. The summed E-state index contributed by atoms with van der Waals surface area (Å²) in [6.45, 7) is 18.5. The Bertz CT molecular complexity index is 8090. The Morgan fingerprint density at radius 3 is 0.920 bits per heavy atom. The Hall–Kier alpha value is -11.7. The van der Waals surface area contributed by atoms with Crippen LogP contribution in [0.3, 0.4) is 0 Å². The van der Waals surface area contributed by atoms with Crippen molar-refractivity contribution in [3.8, 4) is 66.8 Å². The van der Waals surface area contributed by atoms with E-state index in [2.05, 4.69) is 268 Å². The van der Waals surface area contributed by atoms with E-state index in [0.29, 0.717) is 42.1 Å². The van der Waals surface area contributed by atoms with E-state index in [1.54, 1.807) is 33.8 Å². The molecular formula is C118H99Br3NO13P3-4. The molecule has 0 fully saturated rings. The number of carbonyl (C=O) groups excluding carboxylic acids is 4. The second kappa shape index (κ2) is 42.2. The lowest BCUT2D eigenvalue weighted by Gasteiger charge is -2.27. The van der Waals surface area contributed by atoms with Crippen molar-refractivity contribution in [3.63, 3.8) is 0 Å². The van der Waals surface area contributed by atoms with Crippen molar-refractivity contribution in [1.29, 1.82) is 0 Å². The summed E-state index contributed by atoms with van der Waals surface area (Å²) in [5, 5.41) is 50.4. The minimum absolute atomic E-state index is 0. The normalized spacial score (nSPS) is 13.3. The van der Waals surface area contributed by atoms with Gasteiger partial charge in [-0.05, 0) is 319 Å². The Kier molecular flexibility index (Phi) is 29.9. The summed E-state index contributed by atoms with van der Waals surface area (Å²) in [5.74, 6) is -1.41. The molecule has 25 rings (SSSR count). The van der Waals surface area contributed by atoms with Crippen LogP contribution in [0.15, 0.2) is 303 Å². The molecule has 138 heavy (non-hydrogen) atoms. The number of hydrogen-bond donors (Lipinski definition) is 0. The van der Waals surface area contributed by atoms with Crippen molar-refractivity contribution >= 4 is 224 Å². The molecule has 0 saturated carbocycles. The van der Waals surface area contributed by atoms with Gasteiger partial charge in [0, 0.05) is 66.4 Å². The van der Waals surface area contributed by atoms with Crippen LogP contribution in [0.4, 0.5) is 0 Å². The lowest BCUT2D eigenvalue weighted by molar-refractivity contribution is -0.362. The first kappa shape index (κ1) is 97.9. The molecule has 0 N–H and O–H groups in total. The maximum atomic E-state index is 12.3. The Balaban J connectivity index is 0.000000114. The molecular weight excluding hydrogens is 1970 g/mol. The number of fused-ring (bicyclic) bond motifs is 19. The zero-order valence-electron chi connectivity index (χ0n) is 77.9. The van der Waals surface area contributed by atoms with Crippen LogP contribution >= 0.6 is 71.3 Å². The van der Waals surface area contributed by atoms with E-state index < -0.39 is 23.3 Å². The third-order valence-electron chi connectivity index (χ3n) is 26.0. The molecule has 14 nitrogen and oxygen atoms in total. The van der Waals surface area contributed by atoms with Crippen LogP contribution < -0.4 is 20.0 Å². The highest BCUT2D eigenvalue weighted by Crippen LogP contribution is 2.55. The molecule has 20 aromatic carbocycles. The summed E-state index contributed by atoms with van der Waals surface area (Å²) < 4.78 is 41.0. The van der Waals surface area contributed by atoms with E-state index >= 15 is 0 Å². The first-order chi connectivity index (χ1) is 66.9. The van der Waals surface area contributed by atoms with E-state index in [9.17, 15) is 38.1 Å². The molecule has 1 heterocycles. The highest BCUT2D eigenvalue weighted by Gasteiger charge is 2.33. The number of imide groups is 1. The van der Waals surface area contributed by atoms with Crippen LogP contribution in [0.2, 0.25) is 0 Å². The topological polar surface area (TPSA) is 226 Å². The Morgan fingerprint density at radius 1 is 0.290 bits per heavy atom. The highest BCUT2D eigenvalue weighted by molar-refractivity contribution is 9.09. The molecule has 694 valence electrons. The summed E-state index contributed by atoms with van der Waals surface area (Å²) in [7, 11) is -8.25. The Morgan fingerprint density at radius 2 is 0.565 bits per heavy atom. The number of aryl methyl sites for hydroxylation is 2. The highest BCUT2D eigenvalue weighted by atomic mass is 79.9. The summed E-state index contributed by atoms with van der Waals surface area (Å²) in [4.78, 5) is 69.3. The molecule has 0 aromatic heterocycles. The molecule has 4 aliphatic carbocycles. The van der Waals surface area contributed by atoms with Gasteiger partial charge in [-0.25, -0.2) is 3.93 Å². The van der Waals surface area contributed by atoms with Gasteiger partial charge in [0.05, 0.1) is 36.0 Å². The number of nitrogens with zero attached hydrogens (tertiary/aromatic N) is 1. The third kappa shape index (κ3) is 18.9. The second-order valence-corrected chi connectivity index (χ2v) is 42.4. The largest absolute Gasteiger partial charge is 0.855 e. The van der Waals surface area contributed by atoms with E-state index in [1.165, 1.54) is 176 Å². The van der Waals surface area contributed by atoms with Gasteiger partial charge >= 0.3 is 8.60 Å². The van der Waals surface area contributed by atoms with Gasteiger partial charge in [0.25, 0.3) is 11.8 Å². The lowest BCUT2D eigenvalue weighted by atomic mass is 9.98. The van der Waals surface area contributed by atoms with E-state index in [4.69, 9.17) is 23.8 Å². The number of carbonyl (C=O) groups is 4. The minimum atomic E-state index is -3.59. The fourth-order valence-corrected chi connectivity index (χ4v) is 23.9. The average Bonchev–Trinajstić information content (AvgIpc) is 1.54. The van der Waals surface area contributed by atoms with Crippen molar-refractivity contribution in [2.24, 2.45) is 0 Å². The number of hydrogen-bond acceptors (Lipinski definition) is 13. The van der Waals surface area contributed by atoms with E-state index in [1.807, 2.05) is 99.6 Å². The summed E-state index contributed by atoms with van der Waals surface area (Å²) in [6, 6.07) is 103. The second-order valence-electron chi connectivity index (χ2n) is 34.2. The summed E-state index contributed by atoms with van der Waals surface area (Å²) >= 11 is 9.96. The molecule has 20 aromatic rings. The van der Waals surface area contributed by atoms with Gasteiger partial charge in [-0.1, -0.05) is 302 Å². The smallest absolute Gasteiger partial charge is 0.332 e. The van der Waals surface area contributed by atoms with E-state index in [-0.39, 0.29) is 61.2 Å². The standard InChI is InChI=1S/C30H16.C22H24O4P2.C18H12Br2.C18H14.C16H8O2.C6H15O3P.C4H2BrNO2.2C2H5O/c1-2-9-19-18(6-1)14-28-27-16-25-22-11-4-8-17-7-3-10-21(29(17)22)24(25)15-26(27)23-13-5-12-20(19)30(23)28;1-3-27(23,24)13-16-11-20-18-9-5-7-15-8-6-10-19(22(15)18)21(20)12-17(16)14-28(25,26)4-2;19-9-12-7-16-14-5-1-3-11-4-2-6-15(18(11)14)17(16)8-13(12)10-20;1-11-9-16-14-7-3-5-13-6-4-8-15(18(13)14)17(16)10-12(11)2;17-15-12-7-3-6-11-10-5-2-1-4-9(10)8-13(14(11)12)16(15)18;1-4-7-10(8-5-2)9-6-3;5-6-3(7)1-2-4(6)8;2*1-2-3/h1-16H;5-12H,3-4,13-14H2,1-2H3,(H,23,24)(H,25,26);1-8H,9-10H2;3-10H,1-2H3;1-8H;4-6H2,1-3H3;1-2H;2*2H2,1H3/q;;;;;;;2*-1/p-2. The van der Waals surface area contributed by atoms with Gasteiger partial charge in [-0.3, -0.25) is 19.2 Å². The van der Waals surface area contributed by atoms with Crippen LogP contribution in [-0.4, -0.2) is 72.7 Å². The predicted octanol–water partition coefficient (Wildman–Crippen LogP) is 29.5. The van der Waals surface area contributed by atoms with Gasteiger partial charge < -0.3 is 42.7 Å². The first-order valence-corrected chi connectivity index (χ1v) is 54.4. The predicted molar refractivity (Wildman–Crippen MR) is 578 cm³/mol. The quantitative estimate of drug-likeness (QED) is 0.0247. The van der Waals surface area contributed by atoms with Gasteiger partial charge in [-0.2, -0.15) is 0 Å². The SMILES string of the molecule is BrCc1cc2c(cc1CBr)-c1cccc3cccc-2c13.CCOP(OCC)OCC.CCP(=O)([O-])Cc1cc2c(cc1CP(=O)([O-])CC)-c1cccc3cccc-2c13.CC[O-].CC[O-].Cc1cc2c(cc1C)-c1cccc3cccc-2c13.O=C1C(=O)c2cc3ccccc3c3cccc1c23.O=C1C=CC(=O)N1Br.c1ccc2c(c1)cc1c3cc4c(cc3c3cccc2c31)c1cccc2cccc4c21.